The number of hydrogen-bond acceptors (Lipinski definition) is 6. The zero-order chi connectivity index (χ0) is 13.4. The highest BCUT2D eigenvalue weighted by atomic mass is 16.4. The van der Waals surface area contributed by atoms with Crippen molar-refractivity contribution >= 4 is 0 Å². The number of nitrogens with one attached hydrogen (secondary N) is 1. The van der Waals surface area contributed by atoms with Gasteiger partial charge in [-0.05, 0) is 37.4 Å². The zero-order valence-electron chi connectivity index (χ0n) is 11.3. The molecule has 6 nitrogen and oxygen atoms in total. The minimum atomic E-state index is 0.458. The van der Waals surface area contributed by atoms with Crippen LogP contribution in [0.2, 0.25) is 0 Å². The summed E-state index contributed by atoms with van der Waals surface area (Å²) in [5.74, 6) is 2.52. The van der Waals surface area contributed by atoms with E-state index in [4.69, 9.17) is 8.83 Å². The molecule has 2 saturated heterocycles. The predicted molar refractivity (Wildman–Crippen MR) is 71.8 cm³/mol. The molecule has 2 fully saturated rings. The summed E-state index contributed by atoms with van der Waals surface area (Å²) >= 11 is 0. The Bertz CT molecular complexity index is 552. The van der Waals surface area contributed by atoms with Gasteiger partial charge in [0.2, 0.25) is 5.89 Å². The Morgan fingerprint density at radius 1 is 1.35 bits per heavy atom. The van der Waals surface area contributed by atoms with E-state index in [1.165, 1.54) is 12.8 Å². The van der Waals surface area contributed by atoms with Gasteiger partial charge in [0.1, 0.15) is 0 Å². The summed E-state index contributed by atoms with van der Waals surface area (Å²) in [5, 5.41) is 11.8. The number of furan rings is 1. The van der Waals surface area contributed by atoms with Crippen molar-refractivity contribution in [1.82, 2.24) is 20.4 Å². The molecule has 106 valence electrons. The van der Waals surface area contributed by atoms with E-state index < -0.39 is 0 Å². The molecule has 2 aliphatic heterocycles. The van der Waals surface area contributed by atoms with Crippen molar-refractivity contribution in [2.45, 2.75) is 25.4 Å². The second-order valence-corrected chi connectivity index (χ2v) is 5.64. The van der Waals surface area contributed by atoms with E-state index in [0.29, 0.717) is 23.6 Å². The van der Waals surface area contributed by atoms with E-state index in [2.05, 4.69) is 20.4 Å². The van der Waals surface area contributed by atoms with Gasteiger partial charge < -0.3 is 14.2 Å². The lowest BCUT2D eigenvalue weighted by molar-refractivity contribution is 0.279. The summed E-state index contributed by atoms with van der Waals surface area (Å²) in [6.45, 7) is 4.07. The molecule has 4 heterocycles. The Hall–Kier alpha value is -1.66. The smallest absolute Gasteiger partial charge is 0.283 e. The summed E-state index contributed by atoms with van der Waals surface area (Å²) in [7, 11) is 0. The number of fused-ring (bicyclic) bond motifs is 1. The summed E-state index contributed by atoms with van der Waals surface area (Å²) < 4.78 is 10.9. The summed E-state index contributed by atoms with van der Waals surface area (Å²) in [6, 6.07) is 4.28. The first kappa shape index (κ1) is 12.1. The summed E-state index contributed by atoms with van der Waals surface area (Å²) in [6.07, 6.45) is 4.23. The maximum absolute atomic E-state index is 5.67. The van der Waals surface area contributed by atoms with Crippen LogP contribution >= 0.6 is 0 Å². The van der Waals surface area contributed by atoms with E-state index >= 15 is 0 Å². The number of rotatable bonds is 3. The van der Waals surface area contributed by atoms with Gasteiger partial charge in [-0.15, -0.1) is 10.2 Å². The Balaban J connectivity index is 1.42. The quantitative estimate of drug-likeness (QED) is 0.915. The van der Waals surface area contributed by atoms with E-state index in [1.54, 1.807) is 6.26 Å². The van der Waals surface area contributed by atoms with Crippen molar-refractivity contribution in [1.29, 1.82) is 0 Å². The molecule has 0 bridgehead atoms. The fourth-order valence-electron chi connectivity index (χ4n) is 3.27. The van der Waals surface area contributed by atoms with E-state index in [9.17, 15) is 0 Å². The minimum Gasteiger partial charge on any atom is -0.459 e. The van der Waals surface area contributed by atoms with Gasteiger partial charge in [-0.25, -0.2) is 0 Å². The van der Waals surface area contributed by atoms with Crippen LogP contribution in [-0.2, 0) is 6.54 Å². The number of nitrogens with zero attached hydrogens (tertiary/aromatic N) is 3. The molecule has 0 saturated carbocycles. The molecule has 0 aromatic carbocycles. The molecule has 2 aliphatic rings. The molecular formula is C14H18N4O2. The second kappa shape index (κ2) is 5.03. The Kier molecular flexibility index (Phi) is 3.05. The first-order valence-corrected chi connectivity index (χ1v) is 7.20. The van der Waals surface area contributed by atoms with Gasteiger partial charge in [0.15, 0.2) is 5.76 Å². The molecule has 0 aliphatic carbocycles. The minimum absolute atomic E-state index is 0.458. The fraction of sp³-hybridized carbons (Fsp3) is 0.571. The summed E-state index contributed by atoms with van der Waals surface area (Å²) in [4.78, 5) is 2.40. The van der Waals surface area contributed by atoms with Crippen LogP contribution in [-0.4, -0.2) is 40.8 Å². The molecule has 0 radical (unpaired) electrons. The average molecular weight is 274 g/mol. The monoisotopic (exact) mass is 274 g/mol. The second-order valence-electron chi connectivity index (χ2n) is 5.64. The maximum atomic E-state index is 5.67. The topological polar surface area (TPSA) is 67.3 Å². The highest BCUT2D eigenvalue weighted by Gasteiger charge is 2.34. The van der Waals surface area contributed by atoms with E-state index in [0.717, 1.165) is 32.1 Å². The first-order chi connectivity index (χ1) is 9.88. The Labute approximate surface area is 117 Å². The van der Waals surface area contributed by atoms with Gasteiger partial charge in [0, 0.05) is 19.1 Å². The van der Waals surface area contributed by atoms with Crippen molar-refractivity contribution in [2.75, 3.05) is 19.6 Å². The Morgan fingerprint density at radius 3 is 3.20 bits per heavy atom. The van der Waals surface area contributed by atoms with Gasteiger partial charge in [-0.3, -0.25) is 4.90 Å². The molecule has 0 amide bonds. The molecule has 2 aromatic rings. The molecule has 20 heavy (non-hydrogen) atoms. The number of piperidine rings is 1. The van der Waals surface area contributed by atoms with Crippen LogP contribution in [0.4, 0.5) is 0 Å². The molecule has 1 N–H and O–H groups in total. The number of aromatic nitrogens is 2. The van der Waals surface area contributed by atoms with Crippen LogP contribution in [0, 0.1) is 5.92 Å². The van der Waals surface area contributed by atoms with Crippen LogP contribution in [0.1, 0.15) is 18.7 Å². The third kappa shape index (κ3) is 2.25. The Morgan fingerprint density at radius 2 is 2.35 bits per heavy atom. The van der Waals surface area contributed by atoms with Crippen molar-refractivity contribution in [3.05, 3.63) is 24.3 Å². The van der Waals surface area contributed by atoms with Crippen molar-refractivity contribution < 1.29 is 8.83 Å². The lowest BCUT2D eigenvalue weighted by Gasteiger charge is -2.24. The van der Waals surface area contributed by atoms with Crippen LogP contribution in [0.5, 0.6) is 0 Å². The standard InChI is InChI=1S/C14H18N4O2/c1-3-10-7-18(8-11(10)15-5-1)9-13-16-17-14(20-13)12-4-2-6-19-12/h2,4,6,10-11,15H,1,3,5,7-9H2. The molecule has 6 heteroatoms. The van der Waals surface area contributed by atoms with Crippen molar-refractivity contribution in [2.24, 2.45) is 5.92 Å². The molecule has 2 atom stereocenters. The molecule has 4 rings (SSSR count). The molecular weight excluding hydrogens is 256 g/mol. The van der Waals surface area contributed by atoms with Crippen molar-refractivity contribution in [3.63, 3.8) is 0 Å². The third-order valence-electron chi connectivity index (χ3n) is 4.23. The van der Waals surface area contributed by atoms with Gasteiger partial charge >= 0.3 is 0 Å². The van der Waals surface area contributed by atoms with Crippen LogP contribution < -0.4 is 5.32 Å². The lowest BCUT2D eigenvalue weighted by atomic mass is 9.94. The fourth-order valence-corrected chi connectivity index (χ4v) is 3.27. The maximum Gasteiger partial charge on any atom is 0.283 e. The summed E-state index contributed by atoms with van der Waals surface area (Å²) in [5.41, 5.74) is 0. The normalized spacial score (nSPS) is 26.8. The zero-order valence-corrected chi connectivity index (χ0v) is 11.3. The lowest BCUT2D eigenvalue weighted by Crippen LogP contribution is -2.40. The molecule has 0 spiro atoms. The molecule has 2 unspecified atom stereocenters. The van der Waals surface area contributed by atoms with E-state index in [1.807, 2.05) is 12.1 Å². The van der Waals surface area contributed by atoms with Gasteiger partial charge in [-0.1, -0.05) is 0 Å². The van der Waals surface area contributed by atoms with Crippen LogP contribution in [0.15, 0.2) is 27.2 Å². The highest BCUT2D eigenvalue weighted by molar-refractivity contribution is 5.42. The highest BCUT2D eigenvalue weighted by Crippen LogP contribution is 2.26. The van der Waals surface area contributed by atoms with Gasteiger partial charge in [0.25, 0.3) is 5.89 Å². The van der Waals surface area contributed by atoms with Crippen LogP contribution in [0.3, 0.4) is 0 Å². The average Bonchev–Trinajstić information content (AvgIpc) is 3.18. The van der Waals surface area contributed by atoms with Gasteiger partial charge in [-0.2, -0.15) is 0 Å². The largest absolute Gasteiger partial charge is 0.459 e. The van der Waals surface area contributed by atoms with E-state index in [-0.39, 0.29) is 0 Å². The predicted octanol–water partition coefficient (Wildman–Crippen LogP) is 1.51. The third-order valence-corrected chi connectivity index (χ3v) is 4.23. The van der Waals surface area contributed by atoms with Crippen molar-refractivity contribution in [3.8, 4) is 11.7 Å². The number of hydrogen-bond donors (Lipinski definition) is 1. The SMILES string of the molecule is c1coc(-c2nnc(CN3CC4CCCNC4C3)o2)c1. The number of likely N-dealkylation sites (tertiary alicyclic amines) is 1. The first-order valence-electron chi connectivity index (χ1n) is 7.20. The van der Waals surface area contributed by atoms with Gasteiger partial charge in [0.05, 0.1) is 12.8 Å². The molecule has 2 aromatic heterocycles. The van der Waals surface area contributed by atoms with Crippen LogP contribution in [0.25, 0.3) is 11.7 Å².